The summed E-state index contributed by atoms with van der Waals surface area (Å²) in [5.74, 6) is -1.13. The summed E-state index contributed by atoms with van der Waals surface area (Å²) in [5.41, 5.74) is -2.41. The zero-order chi connectivity index (χ0) is 21.8. The van der Waals surface area contributed by atoms with Crippen LogP contribution in [0, 0.1) is 5.82 Å². The maximum absolute atomic E-state index is 14.1. The Balaban J connectivity index is 1.60. The molecule has 3 heterocycles. The summed E-state index contributed by atoms with van der Waals surface area (Å²) in [6.07, 6.45) is -5.48. The molecule has 1 amide bonds. The van der Waals surface area contributed by atoms with Crippen molar-refractivity contribution in [3.63, 3.8) is 0 Å². The van der Waals surface area contributed by atoms with Gasteiger partial charge in [0.05, 0.1) is 27.9 Å². The van der Waals surface area contributed by atoms with Crippen LogP contribution in [0.4, 0.5) is 17.6 Å². The summed E-state index contributed by atoms with van der Waals surface area (Å²) in [5, 5.41) is 5.16. The molecular formula is C18H13Cl2F4N3O2S. The van der Waals surface area contributed by atoms with E-state index in [-0.39, 0.29) is 11.7 Å². The number of nitrogens with zero attached hydrogens (tertiary/aromatic N) is 2. The van der Waals surface area contributed by atoms with Gasteiger partial charge in [0.1, 0.15) is 5.84 Å². The molecule has 4 rings (SSSR count). The van der Waals surface area contributed by atoms with E-state index in [1.54, 1.807) is 11.0 Å². The first-order valence-electron chi connectivity index (χ1n) is 8.61. The topological polar surface area (TPSA) is 53.9 Å². The Morgan fingerprint density at radius 1 is 1.27 bits per heavy atom. The molecule has 0 saturated carbocycles. The highest BCUT2D eigenvalue weighted by molar-refractivity contribution is 7.14. The lowest BCUT2D eigenvalue weighted by molar-refractivity contribution is -0.275. The van der Waals surface area contributed by atoms with Crippen molar-refractivity contribution in [2.24, 2.45) is 5.16 Å². The fourth-order valence-corrected chi connectivity index (χ4v) is 5.06. The highest BCUT2D eigenvalue weighted by Crippen LogP contribution is 2.50. The van der Waals surface area contributed by atoms with E-state index in [9.17, 15) is 22.4 Å². The number of carbonyl (C=O) groups is 1. The monoisotopic (exact) mass is 481 g/mol. The number of hydrogen-bond donors (Lipinski definition) is 1. The van der Waals surface area contributed by atoms with Crippen molar-refractivity contribution < 1.29 is 27.2 Å². The minimum absolute atomic E-state index is 0.0915. The number of hydrogen-bond acceptors (Lipinski definition) is 5. The standard InChI is InChI=1S/C18H13Cl2F4N3O2S/c1-25-16(28)12-2-8-6-27(7-13(8)30-12)14-5-17(29-26-14,18(22,23)24)9-3-10(19)15(21)11(20)4-9/h2-4H,5-7H2,1H3,(H,25,28). The summed E-state index contributed by atoms with van der Waals surface area (Å²) in [6.45, 7) is 0.599. The summed E-state index contributed by atoms with van der Waals surface area (Å²) in [4.78, 5) is 19.7. The molecule has 0 aliphatic carbocycles. The molecule has 2 aromatic rings. The Labute approximate surface area is 182 Å². The molecule has 0 bridgehead atoms. The molecule has 0 saturated heterocycles. The number of rotatable bonds is 2. The molecule has 1 aromatic carbocycles. The Morgan fingerprint density at radius 2 is 1.93 bits per heavy atom. The Kier molecular flexibility index (Phi) is 5.14. The molecule has 2 aliphatic rings. The maximum atomic E-state index is 14.1. The lowest BCUT2D eigenvalue weighted by atomic mass is 9.89. The molecular weight excluding hydrogens is 469 g/mol. The Bertz CT molecular complexity index is 1030. The molecule has 0 radical (unpaired) electrons. The average molecular weight is 482 g/mol. The fourth-order valence-electron chi connectivity index (χ4n) is 3.43. The molecule has 0 fully saturated rings. The SMILES string of the molecule is CNC(=O)c1cc2c(s1)CN(C1=NOC(c3cc(Cl)c(F)c(Cl)c3)(C(F)(F)F)C1)C2. The number of amides is 1. The minimum Gasteiger partial charge on any atom is -0.372 e. The van der Waals surface area contributed by atoms with Gasteiger partial charge in [0, 0.05) is 24.0 Å². The molecule has 2 aliphatic heterocycles. The van der Waals surface area contributed by atoms with Crippen molar-refractivity contribution in [3.8, 4) is 0 Å². The van der Waals surface area contributed by atoms with Crippen molar-refractivity contribution in [1.29, 1.82) is 0 Å². The van der Waals surface area contributed by atoms with Gasteiger partial charge in [-0.25, -0.2) is 4.39 Å². The maximum Gasteiger partial charge on any atom is 0.435 e. The van der Waals surface area contributed by atoms with E-state index < -0.39 is 39.6 Å². The lowest BCUT2D eigenvalue weighted by Gasteiger charge is -2.30. The van der Waals surface area contributed by atoms with Gasteiger partial charge in [-0.3, -0.25) is 4.79 Å². The van der Waals surface area contributed by atoms with Crippen LogP contribution >= 0.6 is 34.5 Å². The van der Waals surface area contributed by atoms with Crippen LogP contribution in [0.2, 0.25) is 10.0 Å². The number of fused-ring (bicyclic) bond motifs is 1. The van der Waals surface area contributed by atoms with Gasteiger partial charge < -0.3 is 15.1 Å². The van der Waals surface area contributed by atoms with Crippen LogP contribution in [0.1, 0.15) is 32.1 Å². The van der Waals surface area contributed by atoms with Crippen molar-refractivity contribution in [1.82, 2.24) is 10.2 Å². The van der Waals surface area contributed by atoms with E-state index in [0.29, 0.717) is 18.0 Å². The van der Waals surface area contributed by atoms with Crippen LogP contribution < -0.4 is 5.32 Å². The second-order valence-corrected chi connectivity index (χ2v) is 8.80. The number of amidine groups is 1. The molecule has 0 spiro atoms. The number of oxime groups is 1. The fraction of sp³-hybridized carbons (Fsp3) is 0.333. The number of halogens is 6. The Morgan fingerprint density at radius 3 is 2.50 bits per heavy atom. The van der Waals surface area contributed by atoms with Gasteiger partial charge >= 0.3 is 6.18 Å². The second kappa shape index (κ2) is 7.28. The first-order valence-corrected chi connectivity index (χ1v) is 10.2. The summed E-state index contributed by atoms with van der Waals surface area (Å²) >= 11 is 12.7. The van der Waals surface area contributed by atoms with Gasteiger partial charge in [0.15, 0.2) is 5.82 Å². The highest BCUT2D eigenvalue weighted by Gasteiger charge is 2.63. The van der Waals surface area contributed by atoms with Gasteiger partial charge in [-0.2, -0.15) is 13.2 Å². The number of nitrogens with one attached hydrogen (secondary N) is 1. The first kappa shape index (κ1) is 21.2. The van der Waals surface area contributed by atoms with Crippen molar-refractivity contribution in [2.45, 2.75) is 31.3 Å². The zero-order valence-corrected chi connectivity index (χ0v) is 17.6. The molecule has 1 unspecified atom stereocenters. The van der Waals surface area contributed by atoms with Crippen molar-refractivity contribution >= 4 is 46.3 Å². The number of thiophene rings is 1. The quantitative estimate of drug-likeness (QED) is 0.481. The average Bonchev–Trinajstić information content (AvgIpc) is 3.37. The van der Waals surface area contributed by atoms with E-state index in [1.807, 2.05) is 0 Å². The highest BCUT2D eigenvalue weighted by atomic mass is 35.5. The largest absolute Gasteiger partial charge is 0.435 e. The second-order valence-electron chi connectivity index (χ2n) is 6.85. The smallest absolute Gasteiger partial charge is 0.372 e. The molecule has 12 heteroatoms. The van der Waals surface area contributed by atoms with Crippen LogP contribution in [0.5, 0.6) is 0 Å². The van der Waals surface area contributed by atoms with Crippen LogP contribution in [0.15, 0.2) is 23.4 Å². The molecule has 1 aromatic heterocycles. The minimum atomic E-state index is -4.86. The summed E-state index contributed by atoms with van der Waals surface area (Å²) in [6, 6.07) is 3.42. The first-order chi connectivity index (χ1) is 14.1. The third kappa shape index (κ3) is 3.30. The normalized spacial score (nSPS) is 20.8. The van der Waals surface area contributed by atoms with Crippen molar-refractivity contribution in [3.05, 3.63) is 54.9 Å². The summed E-state index contributed by atoms with van der Waals surface area (Å²) < 4.78 is 55.9. The van der Waals surface area contributed by atoms with E-state index >= 15 is 0 Å². The van der Waals surface area contributed by atoms with E-state index in [2.05, 4.69) is 10.5 Å². The zero-order valence-electron chi connectivity index (χ0n) is 15.2. The van der Waals surface area contributed by atoms with E-state index in [0.717, 1.165) is 22.6 Å². The van der Waals surface area contributed by atoms with Gasteiger partial charge in [0.25, 0.3) is 11.5 Å². The van der Waals surface area contributed by atoms with Gasteiger partial charge in [-0.1, -0.05) is 28.4 Å². The third-order valence-corrected chi connectivity index (χ3v) is 6.74. The van der Waals surface area contributed by atoms with Crippen molar-refractivity contribution in [2.75, 3.05) is 7.05 Å². The van der Waals surface area contributed by atoms with E-state index in [4.69, 9.17) is 28.0 Å². The van der Waals surface area contributed by atoms with Gasteiger partial charge in [0.2, 0.25) is 0 Å². The predicted molar refractivity (Wildman–Crippen MR) is 104 cm³/mol. The van der Waals surface area contributed by atoms with E-state index in [1.165, 1.54) is 18.4 Å². The van der Waals surface area contributed by atoms with Crippen LogP contribution in [0.3, 0.4) is 0 Å². The molecule has 160 valence electrons. The van der Waals surface area contributed by atoms with Gasteiger partial charge in [-0.05, 0) is 23.8 Å². The molecule has 1 N–H and O–H groups in total. The molecule has 5 nitrogen and oxygen atoms in total. The lowest BCUT2D eigenvalue weighted by Crippen LogP contribution is -2.44. The van der Waals surface area contributed by atoms with Crippen LogP contribution in [-0.2, 0) is 23.5 Å². The predicted octanol–water partition coefficient (Wildman–Crippen LogP) is 5.06. The number of carbonyl (C=O) groups excluding carboxylic acids is 1. The summed E-state index contributed by atoms with van der Waals surface area (Å²) in [7, 11) is 1.52. The Hall–Kier alpha value is -2.04. The van der Waals surface area contributed by atoms with Crippen LogP contribution in [0.25, 0.3) is 0 Å². The molecule has 1 atom stereocenters. The van der Waals surface area contributed by atoms with Gasteiger partial charge in [-0.15, -0.1) is 11.3 Å². The number of alkyl halides is 3. The molecule has 30 heavy (non-hydrogen) atoms. The van der Waals surface area contributed by atoms with Crippen LogP contribution in [-0.4, -0.2) is 29.9 Å². The number of benzene rings is 1. The third-order valence-electron chi connectivity index (χ3n) is 5.03.